The van der Waals surface area contributed by atoms with E-state index in [1.807, 2.05) is 47.0 Å². The number of ether oxygens (including phenoxy) is 2. The Labute approximate surface area is 139 Å². The van der Waals surface area contributed by atoms with Gasteiger partial charge < -0.3 is 14.0 Å². The molecule has 3 aromatic rings. The molecule has 0 aliphatic carbocycles. The van der Waals surface area contributed by atoms with Gasteiger partial charge in [0, 0.05) is 23.6 Å². The van der Waals surface area contributed by atoms with Crippen LogP contribution in [-0.2, 0) is 6.54 Å². The van der Waals surface area contributed by atoms with Gasteiger partial charge in [0.2, 0.25) is 4.77 Å². The van der Waals surface area contributed by atoms with Crippen LogP contribution in [0.4, 0.5) is 0 Å². The fraction of sp³-hybridized carbons (Fsp3) is 0.222. The van der Waals surface area contributed by atoms with Crippen molar-refractivity contribution in [2.75, 3.05) is 13.2 Å². The first-order valence-electron chi connectivity index (χ1n) is 7.67. The summed E-state index contributed by atoms with van der Waals surface area (Å²) >= 11 is 5.50. The van der Waals surface area contributed by atoms with Crippen LogP contribution in [0, 0.1) is 4.77 Å². The fourth-order valence-electron chi connectivity index (χ4n) is 2.93. The molecule has 1 aliphatic rings. The van der Waals surface area contributed by atoms with Crippen LogP contribution in [0.15, 0.2) is 42.5 Å². The Morgan fingerprint density at radius 1 is 1.09 bits per heavy atom. The van der Waals surface area contributed by atoms with Gasteiger partial charge >= 0.3 is 0 Å². The molecule has 0 bridgehead atoms. The maximum Gasteiger partial charge on any atom is 0.200 e. The molecule has 2 aromatic carbocycles. The van der Waals surface area contributed by atoms with Gasteiger partial charge in [0.15, 0.2) is 11.5 Å². The maximum absolute atomic E-state index is 5.74. The van der Waals surface area contributed by atoms with Gasteiger partial charge in [-0.15, -0.1) is 0 Å². The smallest absolute Gasteiger partial charge is 0.200 e. The van der Waals surface area contributed by atoms with E-state index in [0.717, 1.165) is 40.2 Å². The fourth-order valence-corrected chi connectivity index (χ4v) is 3.25. The monoisotopic (exact) mass is 324 g/mol. The van der Waals surface area contributed by atoms with Crippen molar-refractivity contribution in [1.82, 2.24) is 9.55 Å². The molecule has 4 rings (SSSR count). The zero-order chi connectivity index (χ0) is 15.8. The van der Waals surface area contributed by atoms with Gasteiger partial charge in [0.25, 0.3) is 0 Å². The normalized spacial score (nSPS) is 13.3. The number of aromatic nitrogens is 2. The number of aryl methyl sites for hydroxylation is 1. The third-order valence-electron chi connectivity index (χ3n) is 4.01. The summed E-state index contributed by atoms with van der Waals surface area (Å²) < 4.78 is 14.1. The number of hydrogen-bond donors (Lipinski definition) is 0. The van der Waals surface area contributed by atoms with Gasteiger partial charge in [-0.2, -0.15) is 0 Å². The molecule has 1 aliphatic heterocycles. The maximum atomic E-state index is 5.74. The molecule has 0 amide bonds. The highest BCUT2D eigenvalue weighted by Gasteiger charge is 2.17. The molecule has 0 unspecified atom stereocenters. The summed E-state index contributed by atoms with van der Waals surface area (Å²) in [5, 5.41) is 1.02. The molecule has 116 valence electrons. The van der Waals surface area contributed by atoms with Crippen molar-refractivity contribution >= 4 is 23.1 Å². The number of rotatable bonds is 2. The highest BCUT2D eigenvalue weighted by Crippen LogP contribution is 2.37. The van der Waals surface area contributed by atoms with Gasteiger partial charge in [-0.25, -0.2) is 4.98 Å². The van der Waals surface area contributed by atoms with Crippen molar-refractivity contribution in [2.24, 2.45) is 0 Å². The molecular weight excluding hydrogens is 308 g/mol. The first-order valence-corrected chi connectivity index (χ1v) is 8.08. The molecule has 0 N–H and O–H groups in total. The third-order valence-corrected chi connectivity index (χ3v) is 4.32. The van der Waals surface area contributed by atoms with Crippen LogP contribution < -0.4 is 9.47 Å². The van der Waals surface area contributed by atoms with Gasteiger partial charge in [0.1, 0.15) is 13.2 Å². The lowest BCUT2D eigenvalue weighted by atomic mass is 10.1. The van der Waals surface area contributed by atoms with E-state index in [4.69, 9.17) is 21.7 Å². The second-order valence-electron chi connectivity index (χ2n) is 5.37. The van der Waals surface area contributed by atoms with Crippen LogP contribution in [0.25, 0.3) is 22.2 Å². The number of benzene rings is 2. The number of nitrogens with zero attached hydrogens (tertiary/aromatic N) is 2. The van der Waals surface area contributed by atoms with Gasteiger partial charge in [0.05, 0.1) is 11.2 Å². The summed E-state index contributed by atoms with van der Waals surface area (Å²) in [6.07, 6.45) is 0. The second kappa shape index (κ2) is 5.66. The minimum atomic E-state index is 0.569. The molecule has 23 heavy (non-hydrogen) atoms. The Morgan fingerprint density at radius 3 is 2.48 bits per heavy atom. The average molecular weight is 324 g/mol. The van der Waals surface area contributed by atoms with Crippen LogP contribution in [0.1, 0.15) is 6.92 Å². The highest BCUT2D eigenvalue weighted by atomic mass is 32.1. The first kappa shape index (κ1) is 14.2. The summed E-state index contributed by atoms with van der Waals surface area (Å²) in [7, 11) is 0. The molecular formula is C18H16N2O2S. The highest BCUT2D eigenvalue weighted by molar-refractivity contribution is 7.71. The minimum Gasteiger partial charge on any atom is -0.486 e. The molecule has 0 saturated carbocycles. The van der Waals surface area contributed by atoms with Crippen LogP contribution in [0.3, 0.4) is 0 Å². The Morgan fingerprint density at radius 2 is 1.78 bits per heavy atom. The lowest BCUT2D eigenvalue weighted by Gasteiger charge is -2.21. The molecule has 0 atom stereocenters. The summed E-state index contributed by atoms with van der Waals surface area (Å²) in [5.74, 6) is 1.54. The van der Waals surface area contributed by atoms with E-state index in [-0.39, 0.29) is 0 Å². The molecule has 0 saturated heterocycles. The topological polar surface area (TPSA) is 36.3 Å². The Balaban J connectivity index is 2.09. The van der Waals surface area contributed by atoms with Crippen molar-refractivity contribution in [3.63, 3.8) is 0 Å². The van der Waals surface area contributed by atoms with Crippen molar-refractivity contribution in [3.8, 4) is 22.8 Å². The molecule has 0 fully saturated rings. The van der Waals surface area contributed by atoms with Gasteiger partial charge in [-0.05, 0) is 25.2 Å². The first-order chi connectivity index (χ1) is 11.3. The Bertz CT molecular complexity index is 935. The van der Waals surface area contributed by atoms with Crippen LogP contribution in [0.2, 0.25) is 0 Å². The van der Waals surface area contributed by atoms with Crippen LogP contribution in [0.5, 0.6) is 11.5 Å². The van der Waals surface area contributed by atoms with Crippen molar-refractivity contribution in [2.45, 2.75) is 13.5 Å². The van der Waals surface area contributed by atoms with E-state index >= 15 is 0 Å². The molecule has 0 spiro atoms. The second-order valence-corrected chi connectivity index (χ2v) is 5.73. The van der Waals surface area contributed by atoms with E-state index in [1.54, 1.807) is 0 Å². The van der Waals surface area contributed by atoms with Crippen molar-refractivity contribution < 1.29 is 9.47 Å². The lowest BCUT2D eigenvalue weighted by molar-refractivity contribution is 0.172. The van der Waals surface area contributed by atoms with E-state index < -0.39 is 0 Å². The standard InChI is InChI=1S/C18H16N2O2S/c1-2-20-14-11-16-15(21-8-9-22-16)10-13(14)17(19-18(20)23)12-6-4-3-5-7-12/h3-7,10-11H,2,8-9H2,1H3. The molecule has 0 radical (unpaired) electrons. The number of hydrogen-bond acceptors (Lipinski definition) is 4. The molecule has 1 aromatic heterocycles. The van der Waals surface area contributed by atoms with E-state index in [2.05, 4.69) is 11.9 Å². The lowest BCUT2D eigenvalue weighted by Crippen LogP contribution is -2.16. The summed E-state index contributed by atoms with van der Waals surface area (Å²) in [6.45, 7) is 3.97. The third kappa shape index (κ3) is 2.37. The van der Waals surface area contributed by atoms with Crippen molar-refractivity contribution in [3.05, 3.63) is 47.2 Å². The summed E-state index contributed by atoms with van der Waals surface area (Å²) in [4.78, 5) is 4.67. The van der Waals surface area contributed by atoms with Gasteiger partial charge in [-0.3, -0.25) is 0 Å². The molecule has 5 heteroatoms. The SMILES string of the molecule is CCn1c(=S)nc(-c2ccccc2)c2cc3c(cc21)OCCO3. The van der Waals surface area contributed by atoms with Crippen LogP contribution >= 0.6 is 12.2 Å². The predicted octanol–water partition coefficient (Wildman–Crippen LogP) is 4.22. The van der Waals surface area contributed by atoms with E-state index in [1.165, 1.54) is 0 Å². The largest absolute Gasteiger partial charge is 0.486 e. The minimum absolute atomic E-state index is 0.569. The number of fused-ring (bicyclic) bond motifs is 2. The summed E-state index contributed by atoms with van der Waals surface area (Å²) in [6, 6.07) is 14.1. The zero-order valence-corrected chi connectivity index (χ0v) is 13.6. The van der Waals surface area contributed by atoms with E-state index in [0.29, 0.717) is 18.0 Å². The molecule has 2 heterocycles. The Kier molecular flexibility index (Phi) is 3.50. The van der Waals surface area contributed by atoms with Crippen molar-refractivity contribution in [1.29, 1.82) is 0 Å². The van der Waals surface area contributed by atoms with Gasteiger partial charge in [-0.1, -0.05) is 30.3 Å². The quantitative estimate of drug-likeness (QED) is 0.661. The summed E-state index contributed by atoms with van der Waals surface area (Å²) in [5.41, 5.74) is 2.95. The van der Waals surface area contributed by atoms with Crippen LogP contribution in [-0.4, -0.2) is 22.8 Å². The molecule has 4 nitrogen and oxygen atoms in total. The zero-order valence-electron chi connectivity index (χ0n) is 12.8. The van der Waals surface area contributed by atoms with E-state index in [9.17, 15) is 0 Å². The predicted molar refractivity (Wildman–Crippen MR) is 92.7 cm³/mol. The average Bonchev–Trinajstić information content (AvgIpc) is 2.60. The Hall–Kier alpha value is -2.40.